The molecule has 0 aliphatic rings. The van der Waals surface area contributed by atoms with E-state index in [-0.39, 0.29) is 0 Å². The zero-order valence-corrected chi connectivity index (χ0v) is 30.4. The van der Waals surface area contributed by atoms with Crippen LogP contribution in [0.3, 0.4) is 0 Å². The van der Waals surface area contributed by atoms with Crippen molar-refractivity contribution in [3.05, 3.63) is 15.4 Å². The van der Waals surface area contributed by atoms with Gasteiger partial charge in [0.05, 0.1) is 0 Å². The van der Waals surface area contributed by atoms with Crippen LogP contribution in [0.5, 0.6) is 0 Å². The molecule has 0 aromatic heterocycles. The first kappa shape index (κ1) is 26.7. The predicted octanol–water partition coefficient (Wildman–Crippen LogP) is 7.91. The van der Waals surface area contributed by atoms with E-state index in [0.717, 1.165) is 0 Å². The van der Waals surface area contributed by atoms with Crippen LogP contribution < -0.4 is 0 Å². The van der Waals surface area contributed by atoms with Crippen LogP contribution in [0.25, 0.3) is 0 Å². The second-order valence-electron chi connectivity index (χ2n) is 11.8. The molecule has 0 radical (unpaired) electrons. The van der Waals surface area contributed by atoms with Gasteiger partial charge in [0.1, 0.15) is 0 Å². The Labute approximate surface area is 171 Å². The predicted molar refractivity (Wildman–Crippen MR) is 128 cm³/mol. The maximum atomic E-state index is 2.83. The quantitative estimate of drug-likeness (QED) is 0.166. The van der Waals surface area contributed by atoms with E-state index in [0.29, 0.717) is 0 Å². The van der Waals surface area contributed by atoms with Gasteiger partial charge in [0.2, 0.25) is 0 Å². The molecule has 4 heteroatoms. The first-order valence-corrected chi connectivity index (χ1v) is 50.3. The van der Waals surface area contributed by atoms with Gasteiger partial charge in [0.25, 0.3) is 0 Å². The Bertz CT molecular complexity index is 402. The number of hydrogen-bond donors (Lipinski definition) is 0. The fourth-order valence-corrected chi connectivity index (χ4v) is 50.7. The molecule has 0 spiro atoms. The Morgan fingerprint density at radius 3 is 0.917 bits per heavy atom. The van der Waals surface area contributed by atoms with Gasteiger partial charge in [0, 0.05) is 0 Å². The second-order valence-corrected chi connectivity index (χ2v) is 69.8. The van der Waals surface area contributed by atoms with Crippen LogP contribution in [0.2, 0.25) is 59.3 Å². The van der Waals surface area contributed by atoms with Gasteiger partial charge in [-0.2, -0.15) is 0 Å². The summed E-state index contributed by atoms with van der Waals surface area (Å²) in [4.78, 5) is 31.1. The van der Waals surface area contributed by atoms with Crippen LogP contribution in [-0.2, 0) is 0 Å². The summed E-state index contributed by atoms with van der Waals surface area (Å²) in [6, 6.07) is 0. The van der Waals surface area contributed by atoms with Crippen LogP contribution in [0.15, 0.2) is 15.4 Å². The molecule has 0 unspecified atom stereocenters. The summed E-state index contributed by atoms with van der Waals surface area (Å²) < 4.78 is 9.56. The van der Waals surface area contributed by atoms with Crippen molar-refractivity contribution in [3.63, 3.8) is 0 Å². The third-order valence-corrected chi connectivity index (χ3v) is 29.2. The van der Waals surface area contributed by atoms with Crippen molar-refractivity contribution < 1.29 is 0 Å². The minimum atomic E-state index is -1.88. The maximum absolute atomic E-state index is 2.83. The standard InChI is InChI=1S/C8H10.12CH3.4Sn/c1-3-5-7-8-6-4-2;;;;;;;;;;;;;;;;/h1-2H,5-8H2;12*1H3;;;;. The van der Waals surface area contributed by atoms with Gasteiger partial charge in [-0.25, -0.2) is 0 Å². The third kappa shape index (κ3) is 13.8. The molecule has 0 heterocycles. The molecule has 0 amide bonds. The second kappa shape index (κ2) is 10.5. The summed E-state index contributed by atoms with van der Waals surface area (Å²) in [5.74, 6) is 0. The Balaban J connectivity index is 4.90. The Morgan fingerprint density at radius 1 is 0.500 bits per heavy atom. The summed E-state index contributed by atoms with van der Waals surface area (Å²) in [6.07, 6.45) is 5.70. The molecule has 0 N–H and O–H groups in total. The van der Waals surface area contributed by atoms with E-state index < -0.39 is 73.5 Å². The average molecular weight is 761 g/mol. The molecule has 0 aromatic carbocycles. The van der Waals surface area contributed by atoms with Gasteiger partial charge < -0.3 is 0 Å². The molecule has 0 atom stereocenters. The first-order chi connectivity index (χ1) is 10.4. The fraction of sp³-hybridized carbons (Fsp3) is 0.800. The van der Waals surface area contributed by atoms with E-state index in [1.54, 1.807) is 0 Å². The number of rotatable bonds is 9. The van der Waals surface area contributed by atoms with E-state index >= 15 is 0 Å². The Kier molecular flexibility index (Phi) is 11.6. The van der Waals surface area contributed by atoms with Crippen molar-refractivity contribution >= 4 is 73.5 Å². The van der Waals surface area contributed by atoms with Crippen LogP contribution in [0.4, 0.5) is 0 Å². The molecule has 0 bridgehead atoms. The molecular weight excluding hydrogens is 715 g/mol. The molecule has 0 saturated heterocycles. The molecule has 0 aliphatic heterocycles. The molecule has 0 aliphatic carbocycles. The monoisotopic (exact) mass is 766 g/mol. The summed E-state index contributed by atoms with van der Waals surface area (Å²) >= 11 is -7.37. The zero-order valence-electron chi connectivity index (χ0n) is 19.0. The van der Waals surface area contributed by atoms with E-state index in [1.165, 1.54) is 25.7 Å². The topological polar surface area (TPSA) is 0 Å². The van der Waals surface area contributed by atoms with Crippen LogP contribution in [-0.4, -0.2) is 73.5 Å². The average Bonchev–Trinajstić information content (AvgIpc) is 2.25. The normalized spacial score (nSPS) is 15.8. The number of unbranched alkanes of at least 4 members (excludes halogenated alkanes) is 1. The van der Waals surface area contributed by atoms with Crippen molar-refractivity contribution in [2.24, 2.45) is 0 Å². The van der Waals surface area contributed by atoms with Gasteiger partial charge in [-0.15, -0.1) is 0 Å². The Morgan fingerprint density at radius 2 is 0.750 bits per heavy atom. The van der Waals surface area contributed by atoms with Gasteiger partial charge >= 0.3 is 174 Å². The minimum absolute atomic E-state index is 1.42. The van der Waals surface area contributed by atoms with Crippen molar-refractivity contribution in [1.82, 2.24) is 0 Å². The van der Waals surface area contributed by atoms with Crippen molar-refractivity contribution in [2.45, 2.75) is 85.0 Å². The molecule has 142 valence electrons. The molecule has 0 saturated carbocycles. The molecule has 0 aromatic rings. The van der Waals surface area contributed by atoms with E-state index in [2.05, 4.69) is 67.5 Å². The van der Waals surface area contributed by atoms with E-state index in [9.17, 15) is 0 Å². The number of allylic oxidation sites excluding steroid dienone is 2. The molecular formula is C20H46Sn4. The van der Waals surface area contributed by atoms with E-state index in [4.69, 9.17) is 0 Å². The first-order valence-electron chi connectivity index (χ1n) is 9.86. The zero-order chi connectivity index (χ0) is 19.4. The number of hydrogen-bond acceptors (Lipinski definition) is 0. The van der Waals surface area contributed by atoms with Gasteiger partial charge in [-0.3, -0.25) is 0 Å². The van der Waals surface area contributed by atoms with Crippen molar-refractivity contribution in [1.29, 1.82) is 0 Å². The van der Waals surface area contributed by atoms with Crippen LogP contribution in [0.1, 0.15) is 25.7 Å². The van der Waals surface area contributed by atoms with E-state index in [1.807, 2.05) is 7.18 Å². The van der Waals surface area contributed by atoms with Crippen LogP contribution in [0, 0.1) is 0 Å². The molecule has 24 heavy (non-hydrogen) atoms. The fourth-order valence-electron chi connectivity index (χ4n) is 3.00. The molecule has 0 fully saturated rings. The summed E-state index contributed by atoms with van der Waals surface area (Å²) in [5.41, 5.74) is 0. The SMILES string of the molecule is [CH3][Sn]([CH3])([CH3])/[CH]=[C](\CCCC/[C](=[CH]\[Sn]([CH3])([CH3])[CH3])[Sn]([CH3])([CH3])[CH3])[Sn]([CH3])([CH3])[CH3]. The third-order valence-electron chi connectivity index (χ3n) is 4.28. The molecule has 0 rings (SSSR count). The molecule has 0 nitrogen and oxygen atoms in total. The summed E-state index contributed by atoms with van der Waals surface area (Å²) in [5, 5.41) is 0. The van der Waals surface area contributed by atoms with Crippen molar-refractivity contribution in [2.75, 3.05) is 0 Å². The van der Waals surface area contributed by atoms with Crippen LogP contribution >= 0.6 is 0 Å². The van der Waals surface area contributed by atoms with Gasteiger partial charge in [-0.05, 0) is 0 Å². The van der Waals surface area contributed by atoms with Gasteiger partial charge in [0.15, 0.2) is 0 Å². The summed E-state index contributed by atoms with van der Waals surface area (Å²) in [6.45, 7) is 0. The Hall–Kier alpha value is 2.67. The van der Waals surface area contributed by atoms with Crippen molar-refractivity contribution in [3.8, 4) is 0 Å². The summed E-state index contributed by atoms with van der Waals surface area (Å²) in [7, 11) is 0. The van der Waals surface area contributed by atoms with Gasteiger partial charge in [-0.1, -0.05) is 0 Å².